The van der Waals surface area contributed by atoms with Gasteiger partial charge in [0, 0.05) is 32.1 Å². The smallest absolute Gasteiger partial charge is 0.254 e. The molecule has 1 heterocycles. The third-order valence-electron chi connectivity index (χ3n) is 5.78. The number of nitrogens with zero attached hydrogens (tertiary/aromatic N) is 2. The topological polar surface area (TPSA) is 91.0 Å². The van der Waals surface area contributed by atoms with Crippen molar-refractivity contribution in [2.75, 3.05) is 40.8 Å². The van der Waals surface area contributed by atoms with Crippen LogP contribution in [0.4, 0.5) is 0 Å². The standard InChI is InChI=1S/C26H34N4O4/c1-18-17-34-22-10-6-8-20(16-22)19-7-5-9-21(15-19)26(33)30(4)23(11-12-24(31)28-18)25(32)27-13-14-29(2)3/h5-10,15-16,18,23H,11-14,17H2,1-4H3,(H,27,32)(H,28,31). The molecule has 1 aliphatic rings. The number of hydrogen-bond donors (Lipinski definition) is 2. The van der Waals surface area contributed by atoms with E-state index < -0.39 is 6.04 Å². The summed E-state index contributed by atoms with van der Waals surface area (Å²) < 4.78 is 5.88. The molecule has 182 valence electrons. The molecule has 2 N–H and O–H groups in total. The summed E-state index contributed by atoms with van der Waals surface area (Å²) in [4.78, 5) is 42.3. The molecule has 0 saturated carbocycles. The van der Waals surface area contributed by atoms with E-state index in [0.717, 1.165) is 11.1 Å². The van der Waals surface area contributed by atoms with Gasteiger partial charge in [0.1, 0.15) is 18.4 Å². The third kappa shape index (κ3) is 6.81. The molecule has 3 amide bonds. The Kier molecular flexibility index (Phi) is 8.65. The minimum Gasteiger partial charge on any atom is -0.491 e. The monoisotopic (exact) mass is 466 g/mol. The second-order valence-corrected chi connectivity index (χ2v) is 8.95. The third-order valence-corrected chi connectivity index (χ3v) is 5.78. The van der Waals surface area contributed by atoms with Crippen molar-refractivity contribution in [3.63, 3.8) is 0 Å². The number of hydrogen-bond acceptors (Lipinski definition) is 5. The molecular formula is C26H34N4O4. The molecule has 0 saturated heterocycles. The van der Waals surface area contributed by atoms with Crippen molar-refractivity contribution in [3.05, 3.63) is 54.1 Å². The quantitative estimate of drug-likeness (QED) is 0.721. The summed E-state index contributed by atoms with van der Waals surface area (Å²) in [6.45, 7) is 3.32. The molecule has 0 fully saturated rings. The second-order valence-electron chi connectivity index (χ2n) is 8.95. The lowest BCUT2D eigenvalue weighted by molar-refractivity contribution is -0.126. The van der Waals surface area contributed by atoms with E-state index in [2.05, 4.69) is 10.6 Å². The first-order valence-corrected chi connectivity index (χ1v) is 11.6. The lowest BCUT2D eigenvalue weighted by Gasteiger charge is -2.28. The molecule has 3 rings (SSSR count). The molecule has 2 unspecified atom stereocenters. The van der Waals surface area contributed by atoms with Gasteiger partial charge in [0.05, 0.1) is 6.04 Å². The summed E-state index contributed by atoms with van der Waals surface area (Å²) >= 11 is 0. The van der Waals surface area contributed by atoms with Crippen LogP contribution in [0.5, 0.6) is 5.75 Å². The van der Waals surface area contributed by atoms with Crippen LogP contribution >= 0.6 is 0 Å². The van der Waals surface area contributed by atoms with Gasteiger partial charge in [-0.25, -0.2) is 0 Å². The molecule has 8 heteroatoms. The molecule has 0 aromatic heterocycles. The summed E-state index contributed by atoms with van der Waals surface area (Å²) in [7, 11) is 5.46. The van der Waals surface area contributed by atoms with Gasteiger partial charge in [-0.1, -0.05) is 24.3 Å². The van der Waals surface area contributed by atoms with Crippen LogP contribution < -0.4 is 15.4 Å². The predicted octanol–water partition coefficient (Wildman–Crippen LogP) is 2.15. The van der Waals surface area contributed by atoms with Crippen molar-refractivity contribution < 1.29 is 19.1 Å². The maximum absolute atomic E-state index is 13.4. The highest BCUT2D eigenvalue weighted by molar-refractivity contribution is 5.98. The molecule has 2 atom stereocenters. The van der Waals surface area contributed by atoms with E-state index in [1.54, 1.807) is 13.1 Å². The fourth-order valence-electron chi connectivity index (χ4n) is 3.84. The zero-order valence-electron chi connectivity index (χ0n) is 20.3. The number of rotatable bonds is 4. The van der Waals surface area contributed by atoms with Crippen molar-refractivity contribution in [3.8, 4) is 16.9 Å². The van der Waals surface area contributed by atoms with Crippen LogP contribution in [0, 0.1) is 0 Å². The normalized spacial score (nSPS) is 19.4. The van der Waals surface area contributed by atoms with Crippen molar-refractivity contribution in [1.29, 1.82) is 0 Å². The van der Waals surface area contributed by atoms with Gasteiger partial charge >= 0.3 is 0 Å². The van der Waals surface area contributed by atoms with Gasteiger partial charge in [-0.3, -0.25) is 14.4 Å². The fourth-order valence-corrected chi connectivity index (χ4v) is 3.84. The van der Waals surface area contributed by atoms with Gasteiger partial charge in [-0.05, 0) is 62.8 Å². The van der Waals surface area contributed by atoms with Crippen molar-refractivity contribution in [2.24, 2.45) is 0 Å². The summed E-state index contributed by atoms with van der Waals surface area (Å²) in [6.07, 6.45) is 0.331. The van der Waals surface area contributed by atoms with E-state index in [0.29, 0.717) is 31.0 Å². The number of fused-ring (bicyclic) bond motifs is 5. The summed E-state index contributed by atoms with van der Waals surface area (Å²) in [5.74, 6) is -0.0466. The van der Waals surface area contributed by atoms with Gasteiger partial charge in [0.25, 0.3) is 5.91 Å². The van der Waals surface area contributed by atoms with E-state index in [1.165, 1.54) is 4.90 Å². The molecule has 0 spiro atoms. The van der Waals surface area contributed by atoms with Gasteiger partial charge in [0.15, 0.2) is 0 Å². The van der Waals surface area contributed by atoms with Crippen LogP contribution in [0.1, 0.15) is 30.1 Å². The van der Waals surface area contributed by atoms with E-state index in [9.17, 15) is 14.4 Å². The predicted molar refractivity (Wildman–Crippen MR) is 132 cm³/mol. The van der Waals surface area contributed by atoms with Gasteiger partial charge in [0.2, 0.25) is 11.8 Å². The number of likely N-dealkylation sites (N-methyl/N-ethyl adjacent to an activating group) is 2. The Morgan fingerprint density at radius 2 is 1.79 bits per heavy atom. The maximum atomic E-state index is 13.4. The molecule has 4 bridgehead atoms. The van der Waals surface area contributed by atoms with E-state index in [-0.39, 0.29) is 36.6 Å². The van der Waals surface area contributed by atoms with Crippen molar-refractivity contribution in [2.45, 2.75) is 31.8 Å². The highest BCUT2D eigenvalue weighted by Gasteiger charge is 2.28. The first kappa shape index (κ1) is 25.2. The Morgan fingerprint density at radius 3 is 2.53 bits per heavy atom. The van der Waals surface area contributed by atoms with Crippen LogP contribution in [0.25, 0.3) is 11.1 Å². The molecule has 0 radical (unpaired) electrons. The average molecular weight is 467 g/mol. The molecular weight excluding hydrogens is 432 g/mol. The van der Waals surface area contributed by atoms with Crippen LogP contribution in [-0.4, -0.2) is 80.4 Å². The SMILES string of the molecule is CC1COc2cccc(c2)-c2cccc(c2)C(=O)N(C)C(C(=O)NCCN(C)C)CCC(=O)N1. The lowest BCUT2D eigenvalue weighted by atomic mass is 10.0. The van der Waals surface area contributed by atoms with Crippen LogP contribution in [0.15, 0.2) is 48.5 Å². The number of amides is 3. The Labute approximate surface area is 201 Å². The first-order chi connectivity index (χ1) is 16.2. The second kappa shape index (κ2) is 11.7. The number of carbonyl (C=O) groups is 3. The molecule has 2 aromatic carbocycles. The molecule has 2 aromatic rings. The molecule has 8 nitrogen and oxygen atoms in total. The van der Waals surface area contributed by atoms with Crippen molar-refractivity contribution >= 4 is 17.7 Å². The maximum Gasteiger partial charge on any atom is 0.254 e. The lowest BCUT2D eigenvalue weighted by Crippen LogP contribution is -2.49. The van der Waals surface area contributed by atoms with Crippen molar-refractivity contribution in [1.82, 2.24) is 20.4 Å². The van der Waals surface area contributed by atoms with E-state index in [4.69, 9.17) is 4.74 Å². The number of carbonyl (C=O) groups excluding carboxylic acids is 3. The number of benzene rings is 2. The zero-order valence-corrected chi connectivity index (χ0v) is 20.3. The highest BCUT2D eigenvalue weighted by Crippen LogP contribution is 2.26. The largest absolute Gasteiger partial charge is 0.491 e. The van der Waals surface area contributed by atoms with Gasteiger partial charge in [-0.15, -0.1) is 0 Å². The first-order valence-electron chi connectivity index (χ1n) is 11.6. The summed E-state index contributed by atoms with van der Waals surface area (Å²) in [5.41, 5.74) is 2.27. The Bertz CT molecular complexity index is 1020. The fraction of sp³-hybridized carbons (Fsp3) is 0.423. The van der Waals surface area contributed by atoms with Crippen LogP contribution in [-0.2, 0) is 9.59 Å². The number of nitrogens with one attached hydrogen (secondary N) is 2. The van der Waals surface area contributed by atoms with E-state index in [1.807, 2.05) is 68.4 Å². The Morgan fingerprint density at radius 1 is 1.12 bits per heavy atom. The molecule has 0 aliphatic carbocycles. The van der Waals surface area contributed by atoms with Gasteiger partial charge in [-0.2, -0.15) is 0 Å². The molecule has 1 aliphatic heterocycles. The summed E-state index contributed by atoms with van der Waals surface area (Å²) in [6, 6.07) is 14.0. The average Bonchev–Trinajstić information content (AvgIpc) is 2.81. The zero-order chi connectivity index (χ0) is 24.7. The van der Waals surface area contributed by atoms with Crippen LogP contribution in [0.2, 0.25) is 0 Å². The Hall–Kier alpha value is -3.39. The Balaban J connectivity index is 1.92. The highest BCUT2D eigenvalue weighted by atomic mass is 16.5. The summed E-state index contributed by atoms with van der Waals surface area (Å²) in [5, 5.41) is 5.81. The minimum atomic E-state index is -0.771. The van der Waals surface area contributed by atoms with Gasteiger partial charge < -0.3 is 25.2 Å². The van der Waals surface area contributed by atoms with Crippen LogP contribution in [0.3, 0.4) is 0 Å². The van der Waals surface area contributed by atoms with E-state index >= 15 is 0 Å². The molecule has 34 heavy (non-hydrogen) atoms. The number of ether oxygens (including phenoxy) is 1. The minimum absolute atomic E-state index is 0.114.